The summed E-state index contributed by atoms with van der Waals surface area (Å²) in [5.74, 6) is -0.0746. The van der Waals surface area contributed by atoms with E-state index in [9.17, 15) is 8.42 Å². The Labute approximate surface area is 98.0 Å². The monoisotopic (exact) mass is 248 g/mol. The number of allylic oxidation sites excluding steroid dienone is 2. The minimum Gasteiger partial charge on any atom is -0.264 e. The van der Waals surface area contributed by atoms with Crippen LogP contribution in [0.4, 0.5) is 0 Å². The van der Waals surface area contributed by atoms with E-state index in [0.29, 0.717) is 19.3 Å². The van der Waals surface area contributed by atoms with E-state index in [0.717, 1.165) is 0 Å². The van der Waals surface area contributed by atoms with Gasteiger partial charge in [0.2, 0.25) is 0 Å². The van der Waals surface area contributed by atoms with Gasteiger partial charge in [-0.3, -0.25) is 4.55 Å². The van der Waals surface area contributed by atoms with Gasteiger partial charge in [-0.05, 0) is 32.1 Å². The molecule has 0 saturated heterocycles. The van der Waals surface area contributed by atoms with Crippen LogP contribution in [0.1, 0.15) is 33.1 Å². The van der Waals surface area contributed by atoms with Gasteiger partial charge in [-0.15, -0.1) is 13.2 Å². The second-order valence-electron chi connectivity index (χ2n) is 3.92. The first kappa shape index (κ1) is 15.3. The molecule has 0 aliphatic heterocycles. The minimum absolute atomic E-state index is 0.0746. The van der Waals surface area contributed by atoms with Gasteiger partial charge < -0.3 is 0 Å². The highest BCUT2D eigenvalue weighted by Crippen LogP contribution is 2.32. The molecule has 0 rings (SSSR count). The van der Waals surface area contributed by atoms with Crippen molar-refractivity contribution in [3.05, 3.63) is 25.3 Å². The van der Waals surface area contributed by atoms with Crippen molar-refractivity contribution in [2.75, 3.05) is 0 Å². The molecule has 0 amide bonds. The molecule has 0 aliphatic rings. The lowest BCUT2D eigenvalue weighted by atomic mass is 9.82. The van der Waals surface area contributed by atoms with Crippen LogP contribution in [-0.2, 0) is 14.6 Å². The van der Waals surface area contributed by atoms with Crippen LogP contribution in [0, 0.1) is 5.92 Å². The molecule has 94 valence electrons. The molecule has 0 bridgehead atoms. The maximum Gasteiger partial charge on any atom is 0.397 e. The van der Waals surface area contributed by atoms with Gasteiger partial charge in [0.05, 0.1) is 5.60 Å². The second kappa shape index (κ2) is 6.18. The van der Waals surface area contributed by atoms with Gasteiger partial charge in [0.1, 0.15) is 0 Å². The zero-order valence-corrected chi connectivity index (χ0v) is 10.7. The van der Waals surface area contributed by atoms with Gasteiger partial charge in [-0.25, -0.2) is 4.18 Å². The van der Waals surface area contributed by atoms with Crippen molar-refractivity contribution in [1.82, 2.24) is 0 Å². The molecule has 1 N–H and O–H groups in total. The first-order chi connectivity index (χ1) is 7.29. The Morgan fingerprint density at radius 1 is 1.38 bits per heavy atom. The predicted molar refractivity (Wildman–Crippen MR) is 64.4 cm³/mol. The molecule has 0 radical (unpaired) electrons. The quantitative estimate of drug-likeness (QED) is 0.530. The Balaban J connectivity index is 4.99. The molecule has 1 unspecified atom stereocenters. The van der Waals surface area contributed by atoms with Crippen LogP contribution in [0.5, 0.6) is 0 Å². The average Bonchev–Trinajstić information content (AvgIpc) is 2.15. The molecule has 0 heterocycles. The Morgan fingerprint density at radius 2 is 1.81 bits per heavy atom. The summed E-state index contributed by atoms with van der Waals surface area (Å²) in [6.45, 7) is 10.7. The third-order valence-electron chi connectivity index (χ3n) is 2.76. The molecular weight excluding hydrogens is 228 g/mol. The molecule has 0 aromatic heterocycles. The van der Waals surface area contributed by atoms with Crippen molar-refractivity contribution < 1.29 is 17.2 Å². The van der Waals surface area contributed by atoms with E-state index in [1.165, 1.54) is 0 Å². The number of hydrogen-bond acceptors (Lipinski definition) is 3. The topological polar surface area (TPSA) is 63.6 Å². The maximum absolute atomic E-state index is 10.8. The summed E-state index contributed by atoms with van der Waals surface area (Å²) < 4.78 is 35.1. The average molecular weight is 248 g/mol. The van der Waals surface area contributed by atoms with Crippen LogP contribution >= 0.6 is 0 Å². The van der Waals surface area contributed by atoms with Crippen LogP contribution in [0.25, 0.3) is 0 Å². The maximum atomic E-state index is 10.8. The highest BCUT2D eigenvalue weighted by Gasteiger charge is 2.36. The van der Waals surface area contributed by atoms with Gasteiger partial charge >= 0.3 is 10.4 Å². The van der Waals surface area contributed by atoms with Crippen molar-refractivity contribution in [3.8, 4) is 0 Å². The van der Waals surface area contributed by atoms with Gasteiger partial charge in [-0.2, -0.15) is 8.42 Å². The third-order valence-corrected chi connectivity index (χ3v) is 3.36. The van der Waals surface area contributed by atoms with Gasteiger partial charge in [0.25, 0.3) is 0 Å². The van der Waals surface area contributed by atoms with Crippen LogP contribution in [0.3, 0.4) is 0 Å². The van der Waals surface area contributed by atoms with E-state index in [-0.39, 0.29) is 5.92 Å². The van der Waals surface area contributed by atoms with E-state index < -0.39 is 16.0 Å². The second-order valence-corrected chi connectivity index (χ2v) is 4.95. The summed E-state index contributed by atoms with van der Waals surface area (Å²) in [6, 6.07) is 0. The summed E-state index contributed by atoms with van der Waals surface area (Å²) >= 11 is 0. The van der Waals surface area contributed by atoms with Crippen LogP contribution in [-0.4, -0.2) is 18.6 Å². The molecule has 0 spiro atoms. The van der Waals surface area contributed by atoms with Crippen LogP contribution in [0.15, 0.2) is 25.3 Å². The summed E-state index contributed by atoms with van der Waals surface area (Å²) in [4.78, 5) is 0. The zero-order valence-electron chi connectivity index (χ0n) is 9.85. The van der Waals surface area contributed by atoms with Crippen molar-refractivity contribution in [3.63, 3.8) is 0 Å². The van der Waals surface area contributed by atoms with E-state index >= 15 is 0 Å². The van der Waals surface area contributed by atoms with Crippen molar-refractivity contribution in [2.24, 2.45) is 5.92 Å². The predicted octanol–water partition coefficient (Wildman–Crippen LogP) is 2.74. The summed E-state index contributed by atoms with van der Waals surface area (Å²) in [5, 5.41) is 0. The van der Waals surface area contributed by atoms with Crippen molar-refractivity contribution in [2.45, 2.75) is 38.7 Å². The first-order valence-corrected chi connectivity index (χ1v) is 6.55. The fourth-order valence-corrected chi connectivity index (χ4v) is 2.39. The Kier molecular flexibility index (Phi) is 5.92. The number of hydrogen-bond donors (Lipinski definition) is 1. The lowest BCUT2D eigenvalue weighted by molar-refractivity contribution is 0.0193. The van der Waals surface area contributed by atoms with Gasteiger partial charge in [-0.1, -0.05) is 19.1 Å². The van der Waals surface area contributed by atoms with Crippen molar-refractivity contribution >= 4 is 10.4 Å². The molecule has 0 aliphatic carbocycles. The standard InChI is InChI=1S/C11H20O4S/c1-5-8-10(9-6-2)11(4,7-3)15-16(12,13)14/h5-6,10H,1-2,7-9H2,3-4H3,(H,12,13,14). The summed E-state index contributed by atoms with van der Waals surface area (Å²) in [7, 11) is -4.44. The third kappa shape index (κ3) is 4.92. The van der Waals surface area contributed by atoms with E-state index in [1.807, 2.05) is 6.92 Å². The molecule has 1 atom stereocenters. The van der Waals surface area contributed by atoms with E-state index in [2.05, 4.69) is 13.2 Å². The molecule has 4 nitrogen and oxygen atoms in total. The van der Waals surface area contributed by atoms with E-state index in [1.54, 1.807) is 19.1 Å². The summed E-state index contributed by atoms with van der Waals surface area (Å²) in [5.41, 5.74) is -0.935. The van der Waals surface area contributed by atoms with Gasteiger partial charge in [0, 0.05) is 0 Å². The fraction of sp³-hybridized carbons (Fsp3) is 0.636. The van der Waals surface area contributed by atoms with Crippen LogP contribution < -0.4 is 0 Å². The molecule has 5 heteroatoms. The molecule has 0 aromatic carbocycles. The largest absolute Gasteiger partial charge is 0.397 e. The van der Waals surface area contributed by atoms with Crippen molar-refractivity contribution in [1.29, 1.82) is 0 Å². The molecule has 0 aromatic rings. The Morgan fingerprint density at radius 3 is 2.06 bits per heavy atom. The highest BCUT2D eigenvalue weighted by molar-refractivity contribution is 7.80. The SMILES string of the molecule is C=CCC(CC=C)C(C)(CC)OS(=O)(=O)O. The highest BCUT2D eigenvalue weighted by atomic mass is 32.3. The molecular formula is C11H20O4S. The Bertz CT molecular complexity index is 324. The Hall–Kier alpha value is -0.650. The fourth-order valence-electron chi connectivity index (χ4n) is 1.65. The molecule has 0 fully saturated rings. The normalized spacial score (nSPS) is 15.8. The summed E-state index contributed by atoms with van der Waals surface area (Å²) in [6.07, 6.45) is 5.09. The van der Waals surface area contributed by atoms with Gasteiger partial charge in [0.15, 0.2) is 0 Å². The zero-order chi connectivity index (χ0) is 12.8. The first-order valence-electron chi connectivity index (χ1n) is 5.19. The molecule has 16 heavy (non-hydrogen) atoms. The van der Waals surface area contributed by atoms with E-state index in [4.69, 9.17) is 8.74 Å². The molecule has 0 saturated carbocycles. The smallest absolute Gasteiger partial charge is 0.264 e. The lowest BCUT2D eigenvalue weighted by Gasteiger charge is -2.34. The number of rotatable bonds is 8. The lowest BCUT2D eigenvalue weighted by Crippen LogP contribution is -2.38. The van der Waals surface area contributed by atoms with Crippen LogP contribution in [0.2, 0.25) is 0 Å². The minimum atomic E-state index is -4.44.